The Kier molecular flexibility index (Phi) is 6.01. The van der Waals surface area contributed by atoms with Crippen LogP contribution in [-0.2, 0) is 17.9 Å². The molecule has 1 N–H and O–H groups in total. The van der Waals surface area contributed by atoms with Crippen LogP contribution in [0, 0.1) is 11.8 Å². The lowest BCUT2D eigenvalue weighted by atomic mass is 9.75. The molecule has 0 aliphatic carbocycles. The second-order valence-corrected chi connectivity index (χ2v) is 9.11. The highest BCUT2D eigenvalue weighted by Gasteiger charge is 2.44. The monoisotopic (exact) mass is 440 g/mol. The van der Waals surface area contributed by atoms with Crippen molar-refractivity contribution in [1.29, 1.82) is 0 Å². The van der Waals surface area contributed by atoms with Crippen LogP contribution in [0.5, 0.6) is 5.75 Å². The summed E-state index contributed by atoms with van der Waals surface area (Å²) in [5.74, 6) is 1.74. The second-order valence-electron chi connectivity index (χ2n) is 9.11. The van der Waals surface area contributed by atoms with Crippen LogP contribution in [0.15, 0.2) is 30.5 Å². The van der Waals surface area contributed by atoms with Gasteiger partial charge in [0.15, 0.2) is 0 Å². The van der Waals surface area contributed by atoms with Crippen molar-refractivity contribution in [1.82, 2.24) is 24.8 Å². The number of piperazine rings is 1. The lowest BCUT2D eigenvalue weighted by molar-refractivity contribution is -0.144. The SMILES string of the molecule is COc1ccccc1N1CCN(C(=O)[C@H]2CN3CC[C@H]2C[C@@H]3Cn2cc(CO)nn2)CC1. The van der Waals surface area contributed by atoms with E-state index in [1.807, 2.05) is 29.1 Å². The molecule has 172 valence electrons. The number of benzene rings is 1. The minimum absolute atomic E-state index is 0.0854. The minimum atomic E-state index is -0.0854. The molecule has 4 aliphatic heterocycles. The maximum atomic E-state index is 13.4. The Hall–Kier alpha value is -2.65. The molecule has 5 heterocycles. The molecule has 1 aromatic carbocycles. The topological polar surface area (TPSA) is 87.0 Å². The van der Waals surface area contributed by atoms with Gasteiger partial charge in [0.25, 0.3) is 0 Å². The van der Waals surface area contributed by atoms with Crippen molar-refractivity contribution in [2.45, 2.75) is 32.0 Å². The van der Waals surface area contributed by atoms with Gasteiger partial charge in [0.05, 0.1) is 38.1 Å². The molecule has 0 radical (unpaired) electrons. The Labute approximate surface area is 188 Å². The number of rotatable bonds is 6. The molecule has 4 aliphatic rings. The average molecular weight is 441 g/mol. The fourth-order valence-corrected chi connectivity index (χ4v) is 5.62. The molecule has 0 spiro atoms. The number of para-hydroxylation sites is 2. The molecule has 4 atom stereocenters. The first-order chi connectivity index (χ1) is 15.7. The van der Waals surface area contributed by atoms with Gasteiger partial charge in [-0.1, -0.05) is 17.3 Å². The van der Waals surface area contributed by atoms with Crippen molar-refractivity contribution in [3.8, 4) is 5.75 Å². The Morgan fingerprint density at radius 1 is 1.19 bits per heavy atom. The lowest BCUT2D eigenvalue weighted by Crippen LogP contribution is -2.60. The smallest absolute Gasteiger partial charge is 0.227 e. The number of aromatic nitrogens is 3. The fourth-order valence-electron chi connectivity index (χ4n) is 5.62. The van der Waals surface area contributed by atoms with Crippen LogP contribution >= 0.6 is 0 Å². The van der Waals surface area contributed by atoms with E-state index in [0.29, 0.717) is 23.6 Å². The van der Waals surface area contributed by atoms with Crippen LogP contribution in [-0.4, -0.2) is 88.2 Å². The number of nitrogens with zero attached hydrogens (tertiary/aromatic N) is 6. The van der Waals surface area contributed by atoms with E-state index in [2.05, 4.69) is 31.1 Å². The summed E-state index contributed by atoms with van der Waals surface area (Å²) in [6, 6.07) is 8.47. The van der Waals surface area contributed by atoms with Crippen molar-refractivity contribution >= 4 is 11.6 Å². The van der Waals surface area contributed by atoms with Crippen LogP contribution < -0.4 is 9.64 Å². The summed E-state index contributed by atoms with van der Waals surface area (Å²) in [5, 5.41) is 17.3. The third-order valence-corrected chi connectivity index (χ3v) is 7.36. The van der Waals surface area contributed by atoms with E-state index in [9.17, 15) is 9.90 Å². The second kappa shape index (κ2) is 9.07. The maximum absolute atomic E-state index is 13.4. The van der Waals surface area contributed by atoms with Gasteiger partial charge in [0.2, 0.25) is 5.91 Å². The number of carbonyl (C=O) groups is 1. The van der Waals surface area contributed by atoms with E-state index in [1.165, 1.54) is 0 Å². The van der Waals surface area contributed by atoms with Gasteiger partial charge in [0.1, 0.15) is 11.4 Å². The van der Waals surface area contributed by atoms with Crippen molar-refractivity contribution in [3.05, 3.63) is 36.2 Å². The first-order valence-corrected chi connectivity index (χ1v) is 11.6. The van der Waals surface area contributed by atoms with E-state index in [0.717, 1.165) is 70.1 Å². The molecule has 9 nitrogen and oxygen atoms in total. The normalized spacial score (nSPS) is 27.6. The summed E-state index contributed by atoms with van der Waals surface area (Å²) in [7, 11) is 1.70. The van der Waals surface area contributed by atoms with Crippen LogP contribution in [0.2, 0.25) is 0 Å². The summed E-state index contributed by atoms with van der Waals surface area (Å²) in [6.45, 7) is 5.73. The quantitative estimate of drug-likeness (QED) is 0.712. The molecule has 2 bridgehead atoms. The minimum Gasteiger partial charge on any atom is -0.495 e. The highest BCUT2D eigenvalue weighted by molar-refractivity contribution is 5.80. The van der Waals surface area contributed by atoms with Crippen molar-refractivity contribution in [2.24, 2.45) is 11.8 Å². The third-order valence-electron chi connectivity index (χ3n) is 7.36. The molecular formula is C23H32N6O3. The summed E-state index contributed by atoms with van der Waals surface area (Å²) in [6.07, 6.45) is 3.92. The first kappa shape index (κ1) is 21.2. The number of piperidine rings is 3. The van der Waals surface area contributed by atoms with E-state index in [4.69, 9.17) is 4.74 Å². The number of methoxy groups -OCH3 is 1. The van der Waals surface area contributed by atoms with Gasteiger partial charge in [0, 0.05) is 38.8 Å². The zero-order chi connectivity index (χ0) is 22.1. The van der Waals surface area contributed by atoms with Gasteiger partial charge in [-0.25, -0.2) is 0 Å². The molecule has 2 aromatic rings. The van der Waals surface area contributed by atoms with Gasteiger partial charge < -0.3 is 19.6 Å². The third kappa shape index (κ3) is 4.06. The number of fused-ring (bicyclic) bond motifs is 3. The molecule has 0 saturated carbocycles. The van der Waals surface area contributed by atoms with Gasteiger partial charge in [-0.2, -0.15) is 0 Å². The van der Waals surface area contributed by atoms with E-state index in [1.54, 1.807) is 7.11 Å². The lowest BCUT2D eigenvalue weighted by Gasteiger charge is -2.50. The van der Waals surface area contributed by atoms with E-state index >= 15 is 0 Å². The van der Waals surface area contributed by atoms with Crippen LogP contribution in [0.3, 0.4) is 0 Å². The van der Waals surface area contributed by atoms with Crippen LogP contribution in [0.1, 0.15) is 18.5 Å². The number of carbonyl (C=O) groups excluding carboxylic acids is 1. The summed E-state index contributed by atoms with van der Waals surface area (Å²) in [5.41, 5.74) is 1.70. The Bertz CT molecular complexity index is 941. The molecule has 1 unspecified atom stereocenters. The van der Waals surface area contributed by atoms with E-state index < -0.39 is 0 Å². The number of hydrogen-bond donors (Lipinski definition) is 1. The molecule has 1 amide bonds. The number of aliphatic hydroxyl groups excluding tert-OH is 1. The van der Waals surface area contributed by atoms with Gasteiger partial charge in [-0.15, -0.1) is 5.10 Å². The number of anilines is 1. The van der Waals surface area contributed by atoms with E-state index in [-0.39, 0.29) is 12.5 Å². The predicted molar refractivity (Wildman–Crippen MR) is 119 cm³/mol. The summed E-state index contributed by atoms with van der Waals surface area (Å²) >= 11 is 0. The highest BCUT2D eigenvalue weighted by Crippen LogP contribution is 2.38. The molecule has 6 rings (SSSR count). The zero-order valence-electron chi connectivity index (χ0n) is 18.6. The number of aliphatic hydroxyl groups is 1. The molecular weight excluding hydrogens is 408 g/mol. The van der Waals surface area contributed by atoms with Crippen molar-refractivity contribution < 1.29 is 14.6 Å². The van der Waals surface area contributed by atoms with Crippen molar-refractivity contribution in [3.63, 3.8) is 0 Å². The summed E-state index contributed by atoms with van der Waals surface area (Å²) in [4.78, 5) is 20.3. The first-order valence-electron chi connectivity index (χ1n) is 11.6. The van der Waals surface area contributed by atoms with Gasteiger partial charge >= 0.3 is 0 Å². The maximum Gasteiger partial charge on any atom is 0.227 e. The standard InChI is InChI=1S/C23H32N6O3/c1-32-22-5-3-2-4-21(22)26-8-10-27(11-9-26)23(31)20-15-28-7-6-17(20)12-19(28)14-29-13-18(16-30)24-25-29/h2-5,13,17,19-20,30H,6-12,14-16H2,1H3/t17-,19+,20-/m0/s1. The average Bonchev–Trinajstić information content (AvgIpc) is 3.31. The van der Waals surface area contributed by atoms with Gasteiger partial charge in [-0.05, 0) is 37.4 Å². The zero-order valence-corrected chi connectivity index (χ0v) is 18.6. The predicted octanol–water partition coefficient (Wildman–Crippen LogP) is 0.838. The number of amides is 1. The largest absolute Gasteiger partial charge is 0.495 e. The number of hydrogen-bond acceptors (Lipinski definition) is 7. The van der Waals surface area contributed by atoms with Crippen LogP contribution in [0.4, 0.5) is 5.69 Å². The Morgan fingerprint density at radius 3 is 2.69 bits per heavy atom. The molecule has 4 fully saturated rings. The Balaban J connectivity index is 1.17. The number of ether oxygens (including phenoxy) is 1. The molecule has 1 aromatic heterocycles. The molecule has 4 saturated heterocycles. The summed E-state index contributed by atoms with van der Waals surface area (Å²) < 4.78 is 7.34. The van der Waals surface area contributed by atoms with Crippen LogP contribution in [0.25, 0.3) is 0 Å². The molecule has 9 heteroatoms. The fraction of sp³-hybridized carbons (Fsp3) is 0.609. The highest BCUT2D eigenvalue weighted by atomic mass is 16.5. The Morgan fingerprint density at radius 2 is 2.00 bits per heavy atom. The molecule has 32 heavy (non-hydrogen) atoms. The van der Waals surface area contributed by atoms with Gasteiger partial charge in [-0.3, -0.25) is 14.4 Å². The van der Waals surface area contributed by atoms with Crippen molar-refractivity contribution in [2.75, 3.05) is 51.3 Å².